The number of nitrogens with zero attached hydrogens (tertiary/aromatic N) is 1. The Labute approximate surface area is 209 Å². The zero-order valence-electron chi connectivity index (χ0n) is 19.4. The molecule has 0 unspecified atom stereocenters. The van der Waals surface area contributed by atoms with Crippen LogP contribution in [-0.4, -0.2) is 40.6 Å². The van der Waals surface area contributed by atoms with Crippen LogP contribution in [0.1, 0.15) is 22.8 Å². The fourth-order valence-corrected chi connectivity index (χ4v) is 4.81. The summed E-state index contributed by atoms with van der Waals surface area (Å²) < 4.78 is 38.0. The van der Waals surface area contributed by atoms with E-state index in [2.05, 4.69) is 5.32 Å². The highest BCUT2D eigenvalue weighted by Gasteiger charge is 2.27. The smallest absolute Gasteiger partial charge is 0.338 e. The van der Waals surface area contributed by atoms with E-state index in [4.69, 9.17) is 21.1 Å². The number of methoxy groups -OCH3 is 1. The van der Waals surface area contributed by atoms with E-state index in [1.807, 2.05) is 0 Å². The topological polar surface area (TPSA) is 102 Å². The Morgan fingerprint density at radius 3 is 2.23 bits per heavy atom. The number of carbonyl (C=O) groups excluding carboxylic acids is 2. The Bertz CT molecular complexity index is 1310. The molecule has 0 fully saturated rings. The van der Waals surface area contributed by atoms with E-state index >= 15 is 0 Å². The summed E-state index contributed by atoms with van der Waals surface area (Å²) in [5, 5.41) is 3.15. The highest BCUT2D eigenvalue weighted by Crippen LogP contribution is 2.27. The largest absolute Gasteiger partial charge is 0.497 e. The van der Waals surface area contributed by atoms with E-state index < -0.39 is 28.4 Å². The summed E-state index contributed by atoms with van der Waals surface area (Å²) in [5.41, 5.74) is 1.70. The molecule has 8 nitrogen and oxygen atoms in total. The second kappa shape index (κ2) is 11.2. The molecule has 0 saturated carbocycles. The van der Waals surface area contributed by atoms with Gasteiger partial charge in [-0.15, -0.1) is 0 Å². The summed E-state index contributed by atoms with van der Waals surface area (Å²) in [6.07, 6.45) is 0. The Kier molecular flexibility index (Phi) is 8.37. The van der Waals surface area contributed by atoms with Crippen molar-refractivity contribution in [1.82, 2.24) is 0 Å². The third-order valence-corrected chi connectivity index (χ3v) is 7.10. The molecule has 3 aromatic rings. The lowest BCUT2D eigenvalue weighted by molar-refractivity contribution is -0.114. The molecule has 0 atom stereocenters. The van der Waals surface area contributed by atoms with Crippen LogP contribution in [0.25, 0.3) is 0 Å². The highest BCUT2D eigenvalue weighted by molar-refractivity contribution is 7.92. The van der Waals surface area contributed by atoms with Crippen LogP contribution < -0.4 is 14.4 Å². The average Bonchev–Trinajstić information content (AvgIpc) is 2.84. The molecule has 0 aliphatic carbocycles. The quantitative estimate of drug-likeness (QED) is 0.415. The Morgan fingerprint density at radius 1 is 1.00 bits per heavy atom. The summed E-state index contributed by atoms with van der Waals surface area (Å²) in [6, 6.07) is 16.7. The summed E-state index contributed by atoms with van der Waals surface area (Å²) in [4.78, 5) is 24.9. The molecule has 35 heavy (non-hydrogen) atoms. The molecule has 3 aromatic carbocycles. The molecule has 0 aliphatic heterocycles. The number of esters is 1. The number of hydrogen-bond donors (Lipinski definition) is 1. The van der Waals surface area contributed by atoms with Gasteiger partial charge in [-0.3, -0.25) is 9.10 Å². The Hall–Kier alpha value is -3.56. The molecule has 0 bridgehead atoms. The van der Waals surface area contributed by atoms with E-state index in [0.29, 0.717) is 27.6 Å². The van der Waals surface area contributed by atoms with Gasteiger partial charge in [0.25, 0.3) is 10.0 Å². The number of hydrogen-bond acceptors (Lipinski definition) is 6. The minimum Gasteiger partial charge on any atom is -0.497 e. The highest BCUT2D eigenvalue weighted by atomic mass is 35.5. The standard InChI is InChI=1S/C25H25ClN2O6S/c1-4-34-25(30)18-5-14-23(17(2)15-18)27-24(29)16-28(20-8-6-19(26)7-9-20)35(31,32)22-12-10-21(33-3)11-13-22/h5-15H,4,16H2,1-3H3,(H,27,29). The van der Waals surface area contributed by atoms with Gasteiger partial charge in [0.05, 0.1) is 29.9 Å². The van der Waals surface area contributed by atoms with Crippen molar-refractivity contribution in [2.24, 2.45) is 0 Å². The van der Waals surface area contributed by atoms with Gasteiger partial charge in [0, 0.05) is 10.7 Å². The van der Waals surface area contributed by atoms with Crippen LogP contribution in [0.3, 0.4) is 0 Å². The van der Waals surface area contributed by atoms with Crippen molar-refractivity contribution >= 4 is 44.9 Å². The number of amides is 1. The van der Waals surface area contributed by atoms with Gasteiger partial charge in [0.1, 0.15) is 12.3 Å². The van der Waals surface area contributed by atoms with Crippen molar-refractivity contribution in [1.29, 1.82) is 0 Å². The molecule has 1 N–H and O–H groups in total. The normalized spacial score (nSPS) is 11.0. The molecule has 0 heterocycles. The lowest BCUT2D eigenvalue weighted by atomic mass is 10.1. The van der Waals surface area contributed by atoms with Crippen LogP contribution in [0.5, 0.6) is 5.75 Å². The number of halogens is 1. The van der Waals surface area contributed by atoms with Crippen LogP contribution in [0.15, 0.2) is 71.6 Å². The molecule has 184 valence electrons. The summed E-state index contributed by atoms with van der Waals surface area (Å²) in [6.45, 7) is 3.20. The predicted octanol–water partition coefficient (Wildman–Crippen LogP) is 4.67. The predicted molar refractivity (Wildman–Crippen MR) is 135 cm³/mol. The van der Waals surface area contributed by atoms with E-state index in [-0.39, 0.29) is 17.2 Å². The van der Waals surface area contributed by atoms with Crippen molar-refractivity contribution in [3.8, 4) is 5.75 Å². The number of ether oxygens (including phenoxy) is 2. The molecule has 0 spiro atoms. The third-order valence-electron chi connectivity index (χ3n) is 5.06. The zero-order chi connectivity index (χ0) is 25.6. The van der Waals surface area contributed by atoms with Crippen LogP contribution in [0, 0.1) is 6.92 Å². The first-order valence-electron chi connectivity index (χ1n) is 10.7. The van der Waals surface area contributed by atoms with Crippen LogP contribution >= 0.6 is 11.6 Å². The number of carbonyl (C=O) groups is 2. The molecule has 0 aromatic heterocycles. The van der Waals surface area contributed by atoms with E-state index in [1.54, 1.807) is 38.1 Å². The molecule has 3 rings (SSSR count). The SMILES string of the molecule is CCOC(=O)c1ccc(NC(=O)CN(c2ccc(Cl)cc2)S(=O)(=O)c2ccc(OC)cc2)c(C)c1. The first kappa shape index (κ1) is 26.1. The summed E-state index contributed by atoms with van der Waals surface area (Å²) in [7, 11) is -2.62. The number of sulfonamides is 1. The number of benzene rings is 3. The van der Waals surface area contributed by atoms with Gasteiger partial charge in [-0.05, 0) is 86.1 Å². The van der Waals surface area contributed by atoms with Gasteiger partial charge in [-0.25, -0.2) is 13.2 Å². The van der Waals surface area contributed by atoms with Crippen LogP contribution in [0.4, 0.5) is 11.4 Å². The lowest BCUT2D eigenvalue weighted by Gasteiger charge is -2.24. The monoisotopic (exact) mass is 516 g/mol. The van der Waals surface area contributed by atoms with Crippen molar-refractivity contribution in [2.75, 3.05) is 29.9 Å². The number of rotatable bonds is 9. The second-order valence-electron chi connectivity index (χ2n) is 7.46. The number of anilines is 2. The molecular formula is C25H25ClN2O6S. The molecule has 0 aliphatic rings. The van der Waals surface area contributed by atoms with Crippen LogP contribution in [-0.2, 0) is 19.6 Å². The van der Waals surface area contributed by atoms with E-state index in [1.165, 1.54) is 49.6 Å². The fourth-order valence-electron chi connectivity index (χ4n) is 3.26. The van der Waals surface area contributed by atoms with Gasteiger partial charge in [-0.2, -0.15) is 0 Å². The van der Waals surface area contributed by atoms with Gasteiger partial charge in [0.15, 0.2) is 0 Å². The Morgan fingerprint density at radius 2 is 1.66 bits per heavy atom. The number of aryl methyl sites for hydroxylation is 1. The van der Waals surface area contributed by atoms with Gasteiger partial charge in [-0.1, -0.05) is 11.6 Å². The van der Waals surface area contributed by atoms with Crippen molar-refractivity contribution in [3.63, 3.8) is 0 Å². The van der Waals surface area contributed by atoms with E-state index in [9.17, 15) is 18.0 Å². The lowest BCUT2D eigenvalue weighted by Crippen LogP contribution is -2.38. The van der Waals surface area contributed by atoms with Gasteiger partial charge in [0.2, 0.25) is 5.91 Å². The van der Waals surface area contributed by atoms with Crippen molar-refractivity contribution in [2.45, 2.75) is 18.7 Å². The molecular weight excluding hydrogens is 492 g/mol. The van der Waals surface area contributed by atoms with Gasteiger partial charge >= 0.3 is 5.97 Å². The molecule has 0 saturated heterocycles. The maximum atomic E-state index is 13.5. The summed E-state index contributed by atoms with van der Waals surface area (Å²) >= 11 is 5.97. The minimum atomic E-state index is -4.10. The zero-order valence-corrected chi connectivity index (χ0v) is 21.0. The Balaban J connectivity index is 1.88. The molecule has 0 radical (unpaired) electrons. The minimum absolute atomic E-state index is 0.00369. The summed E-state index contributed by atoms with van der Waals surface area (Å²) in [5.74, 6) is -0.529. The van der Waals surface area contributed by atoms with Crippen LogP contribution in [0.2, 0.25) is 5.02 Å². The van der Waals surface area contributed by atoms with Crippen molar-refractivity contribution < 1.29 is 27.5 Å². The maximum Gasteiger partial charge on any atom is 0.338 e. The number of nitrogens with one attached hydrogen (secondary N) is 1. The second-order valence-corrected chi connectivity index (χ2v) is 9.76. The molecule has 10 heteroatoms. The maximum absolute atomic E-state index is 13.5. The first-order chi connectivity index (χ1) is 16.6. The third kappa shape index (κ3) is 6.32. The first-order valence-corrected chi connectivity index (χ1v) is 12.5. The molecule has 1 amide bonds. The fraction of sp³-hybridized carbons (Fsp3) is 0.200. The average molecular weight is 517 g/mol. The van der Waals surface area contributed by atoms with Crippen molar-refractivity contribution in [3.05, 3.63) is 82.9 Å². The van der Waals surface area contributed by atoms with Gasteiger partial charge < -0.3 is 14.8 Å². The van der Waals surface area contributed by atoms with E-state index in [0.717, 1.165) is 4.31 Å².